The molecule has 5 heteroatoms. The van der Waals surface area contributed by atoms with Crippen LogP contribution >= 0.6 is 35.8 Å². The molecule has 0 aromatic heterocycles. The minimum absolute atomic E-state index is 0.00231. The maximum absolute atomic E-state index is 12.6. The first-order chi connectivity index (χ1) is 9.99. The van der Waals surface area contributed by atoms with Gasteiger partial charge in [-0.2, -0.15) is 0 Å². The van der Waals surface area contributed by atoms with E-state index in [0.29, 0.717) is 4.90 Å². The van der Waals surface area contributed by atoms with Crippen molar-refractivity contribution in [2.75, 3.05) is 5.73 Å². The molecule has 0 aliphatic heterocycles. The van der Waals surface area contributed by atoms with Gasteiger partial charge in [0.15, 0.2) is 5.82 Å². The van der Waals surface area contributed by atoms with Gasteiger partial charge in [-0.05, 0) is 23.6 Å². The van der Waals surface area contributed by atoms with Gasteiger partial charge in [0, 0.05) is 16.0 Å². The highest BCUT2D eigenvalue weighted by atomic mass is 35.5. The van der Waals surface area contributed by atoms with Crippen LogP contribution in [-0.4, -0.2) is 0 Å². The molecule has 0 fully saturated rings. The highest BCUT2D eigenvalue weighted by Gasteiger charge is 2.04. The van der Waals surface area contributed by atoms with Gasteiger partial charge in [-0.25, -0.2) is 4.39 Å². The highest BCUT2D eigenvalue weighted by molar-refractivity contribution is 7.80. The standard InChI is InChI=1S/C10H9N.C6H3Cl2FS/c11-10-7-3-5-8-4-1-2-6-9(8)10;7-4-1-3(10)2-5(8)6(4)9/h1-7H,11H2;1-2,10H. The summed E-state index contributed by atoms with van der Waals surface area (Å²) in [6.07, 6.45) is 0. The summed E-state index contributed by atoms with van der Waals surface area (Å²) in [6.45, 7) is 0. The van der Waals surface area contributed by atoms with Crippen LogP contribution in [0, 0.1) is 5.82 Å². The quantitative estimate of drug-likeness (QED) is 0.300. The largest absolute Gasteiger partial charge is 0.398 e. The van der Waals surface area contributed by atoms with Crippen LogP contribution in [0.25, 0.3) is 10.8 Å². The van der Waals surface area contributed by atoms with E-state index in [1.807, 2.05) is 30.3 Å². The fraction of sp³-hybridized carbons (Fsp3) is 0. The molecule has 0 saturated carbocycles. The van der Waals surface area contributed by atoms with E-state index < -0.39 is 5.82 Å². The lowest BCUT2D eigenvalue weighted by Crippen LogP contribution is -1.84. The van der Waals surface area contributed by atoms with E-state index >= 15 is 0 Å². The Kier molecular flexibility index (Phi) is 5.34. The first-order valence-electron chi connectivity index (χ1n) is 6.06. The number of halogens is 3. The molecular formula is C16H12Cl2FNS. The van der Waals surface area contributed by atoms with Crippen LogP contribution in [0.15, 0.2) is 59.5 Å². The van der Waals surface area contributed by atoms with Gasteiger partial charge in [-0.3, -0.25) is 0 Å². The van der Waals surface area contributed by atoms with Crippen LogP contribution in [-0.2, 0) is 0 Å². The summed E-state index contributed by atoms with van der Waals surface area (Å²) in [5.74, 6) is -0.596. The molecule has 108 valence electrons. The first kappa shape index (κ1) is 16.0. The third-order valence-corrected chi connectivity index (χ3v) is 3.60. The van der Waals surface area contributed by atoms with Gasteiger partial charge in [-0.15, -0.1) is 12.6 Å². The smallest absolute Gasteiger partial charge is 0.160 e. The number of anilines is 1. The number of rotatable bonds is 0. The zero-order valence-corrected chi connectivity index (χ0v) is 13.3. The van der Waals surface area contributed by atoms with Crippen molar-refractivity contribution in [2.45, 2.75) is 4.90 Å². The molecule has 0 heterocycles. The zero-order chi connectivity index (χ0) is 15.4. The summed E-state index contributed by atoms with van der Waals surface area (Å²) < 4.78 is 12.6. The molecule has 0 spiro atoms. The summed E-state index contributed by atoms with van der Waals surface area (Å²) >= 11 is 14.8. The van der Waals surface area contributed by atoms with Gasteiger partial charge in [0.25, 0.3) is 0 Å². The molecule has 0 atom stereocenters. The van der Waals surface area contributed by atoms with Crippen molar-refractivity contribution in [3.63, 3.8) is 0 Å². The highest BCUT2D eigenvalue weighted by Crippen LogP contribution is 2.25. The second-order valence-electron chi connectivity index (χ2n) is 4.29. The van der Waals surface area contributed by atoms with Crippen LogP contribution in [0.3, 0.4) is 0 Å². The van der Waals surface area contributed by atoms with E-state index in [0.717, 1.165) is 11.1 Å². The number of benzene rings is 3. The zero-order valence-electron chi connectivity index (χ0n) is 10.9. The van der Waals surface area contributed by atoms with Gasteiger partial charge in [0.1, 0.15) is 0 Å². The summed E-state index contributed by atoms with van der Waals surface area (Å²) in [5, 5.41) is 2.33. The van der Waals surface area contributed by atoms with Crippen LogP contribution in [0.5, 0.6) is 0 Å². The maximum Gasteiger partial charge on any atom is 0.160 e. The van der Waals surface area contributed by atoms with E-state index in [2.05, 4.69) is 24.8 Å². The van der Waals surface area contributed by atoms with Crippen LogP contribution in [0.2, 0.25) is 10.0 Å². The SMILES string of the molecule is Fc1c(Cl)cc(S)cc1Cl.Nc1cccc2ccccc12. The predicted octanol–water partition coefficient (Wildman–Crippen LogP) is 5.84. The molecule has 1 nitrogen and oxygen atoms in total. The molecule has 2 N–H and O–H groups in total. The third-order valence-electron chi connectivity index (χ3n) is 2.79. The van der Waals surface area contributed by atoms with E-state index in [1.165, 1.54) is 17.5 Å². The molecule has 0 radical (unpaired) electrons. The molecule has 0 saturated heterocycles. The van der Waals surface area contributed by atoms with Crippen molar-refractivity contribution in [1.29, 1.82) is 0 Å². The number of hydrogen-bond donors (Lipinski definition) is 2. The van der Waals surface area contributed by atoms with Crippen LogP contribution in [0.4, 0.5) is 10.1 Å². The molecule has 0 aliphatic rings. The number of hydrogen-bond acceptors (Lipinski definition) is 2. The summed E-state index contributed by atoms with van der Waals surface area (Å²) in [6, 6.07) is 16.8. The van der Waals surface area contributed by atoms with Crippen molar-refractivity contribution in [1.82, 2.24) is 0 Å². The Labute approximate surface area is 137 Å². The fourth-order valence-corrected chi connectivity index (χ4v) is 2.69. The Morgan fingerprint density at radius 2 is 1.48 bits per heavy atom. The van der Waals surface area contributed by atoms with Crippen molar-refractivity contribution >= 4 is 52.3 Å². The minimum Gasteiger partial charge on any atom is -0.398 e. The summed E-state index contributed by atoms with van der Waals surface area (Å²) in [4.78, 5) is 0.552. The summed E-state index contributed by atoms with van der Waals surface area (Å²) in [5.41, 5.74) is 6.61. The van der Waals surface area contributed by atoms with Gasteiger partial charge in [-0.1, -0.05) is 59.6 Å². The second-order valence-corrected chi connectivity index (χ2v) is 5.62. The van der Waals surface area contributed by atoms with Gasteiger partial charge < -0.3 is 5.73 Å². The first-order valence-corrected chi connectivity index (χ1v) is 7.26. The Bertz CT molecular complexity index is 749. The summed E-state index contributed by atoms with van der Waals surface area (Å²) in [7, 11) is 0. The topological polar surface area (TPSA) is 26.0 Å². The number of nitrogens with two attached hydrogens (primary N) is 1. The van der Waals surface area contributed by atoms with Crippen LogP contribution < -0.4 is 5.73 Å². The van der Waals surface area contributed by atoms with Gasteiger partial charge >= 0.3 is 0 Å². The fourth-order valence-electron chi connectivity index (χ4n) is 1.79. The lowest BCUT2D eigenvalue weighted by atomic mass is 10.1. The Balaban J connectivity index is 0.000000155. The normalized spacial score (nSPS) is 10.1. The van der Waals surface area contributed by atoms with Gasteiger partial charge in [0.2, 0.25) is 0 Å². The third kappa shape index (κ3) is 4.03. The van der Waals surface area contributed by atoms with Crippen molar-refractivity contribution < 1.29 is 4.39 Å². The Hall–Kier alpha value is -1.42. The number of thiol groups is 1. The lowest BCUT2D eigenvalue weighted by Gasteiger charge is -1.98. The predicted molar refractivity (Wildman–Crippen MR) is 92.0 cm³/mol. The van der Waals surface area contributed by atoms with Crippen molar-refractivity contribution in [3.8, 4) is 0 Å². The molecule has 3 aromatic carbocycles. The van der Waals surface area contributed by atoms with E-state index in [9.17, 15) is 4.39 Å². The average Bonchev–Trinajstić information content (AvgIpc) is 2.46. The average molecular weight is 340 g/mol. The molecular weight excluding hydrogens is 328 g/mol. The monoisotopic (exact) mass is 339 g/mol. The molecule has 0 aliphatic carbocycles. The second kappa shape index (κ2) is 7.03. The molecule has 3 rings (SSSR count). The molecule has 0 bridgehead atoms. The Morgan fingerprint density at radius 1 is 0.905 bits per heavy atom. The molecule has 3 aromatic rings. The van der Waals surface area contributed by atoms with E-state index in [-0.39, 0.29) is 10.0 Å². The van der Waals surface area contributed by atoms with Crippen LogP contribution in [0.1, 0.15) is 0 Å². The molecule has 0 unspecified atom stereocenters. The van der Waals surface area contributed by atoms with E-state index in [4.69, 9.17) is 28.9 Å². The number of nitrogen functional groups attached to an aromatic ring is 1. The molecule has 21 heavy (non-hydrogen) atoms. The van der Waals surface area contributed by atoms with Crippen molar-refractivity contribution in [2.24, 2.45) is 0 Å². The molecule has 0 amide bonds. The maximum atomic E-state index is 12.6. The lowest BCUT2D eigenvalue weighted by molar-refractivity contribution is 0.627. The number of fused-ring (bicyclic) bond motifs is 1. The van der Waals surface area contributed by atoms with E-state index in [1.54, 1.807) is 0 Å². The van der Waals surface area contributed by atoms with Crippen molar-refractivity contribution in [3.05, 3.63) is 70.5 Å². The van der Waals surface area contributed by atoms with Gasteiger partial charge in [0.05, 0.1) is 10.0 Å². The minimum atomic E-state index is -0.596. The Morgan fingerprint density at radius 3 is 2.10 bits per heavy atom.